The maximum absolute atomic E-state index is 12.5. The SMILES string of the molecule is CC(C)(C)c1noc(CCCC(=O)OCC(=O)N(CCC#N)c2cccc(Cl)c2)n1. The molecule has 160 valence electrons. The number of carbonyl (C=O) groups excluding carboxylic acids is 2. The molecule has 1 aromatic carbocycles. The van der Waals surface area contributed by atoms with Crippen molar-refractivity contribution < 1.29 is 18.8 Å². The van der Waals surface area contributed by atoms with Gasteiger partial charge in [-0.15, -0.1) is 0 Å². The van der Waals surface area contributed by atoms with E-state index in [1.165, 1.54) is 4.90 Å². The summed E-state index contributed by atoms with van der Waals surface area (Å²) in [5.74, 6) is 0.161. The molecule has 8 nitrogen and oxygen atoms in total. The fourth-order valence-corrected chi connectivity index (χ4v) is 2.73. The third-order valence-corrected chi connectivity index (χ3v) is 4.37. The Morgan fingerprint density at radius 2 is 2.10 bits per heavy atom. The van der Waals surface area contributed by atoms with Gasteiger partial charge in [-0.05, 0) is 24.6 Å². The number of carbonyl (C=O) groups is 2. The maximum atomic E-state index is 12.5. The number of ether oxygens (including phenoxy) is 1. The van der Waals surface area contributed by atoms with E-state index in [1.807, 2.05) is 26.8 Å². The molecular formula is C21H25ClN4O4. The molecule has 0 unspecified atom stereocenters. The number of amides is 1. The first-order valence-corrected chi connectivity index (χ1v) is 10.00. The molecule has 2 rings (SSSR count). The monoisotopic (exact) mass is 432 g/mol. The second-order valence-corrected chi connectivity index (χ2v) is 8.15. The van der Waals surface area contributed by atoms with Crippen molar-refractivity contribution in [1.82, 2.24) is 10.1 Å². The molecule has 2 aromatic rings. The largest absolute Gasteiger partial charge is 0.456 e. The number of nitrogens with zero attached hydrogens (tertiary/aromatic N) is 4. The number of benzene rings is 1. The lowest BCUT2D eigenvalue weighted by atomic mass is 9.96. The number of nitriles is 1. The van der Waals surface area contributed by atoms with Crippen LogP contribution in [0.5, 0.6) is 0 Å². The van der Waals surface area contributed by atoms with Crippen molar-refractivity contribution in [3.8, 4) is 6.07 Å². The first-order chi connectivity index (χ1) is 14.2. The third kappa shape index (κ3) is 7.16. The molecule has 1 heterocycles. The van der Waals surface area contributed by atoms with Crippen LogP contribution in [-0.4, -0.2) is 35.2 Å². The highest BCUT2D eigenvalue weighted by Crippen LogP contribution is 2.21. The van der Waals surface area contributed by atoms with E-state index in [2.05, 4.69) is 10.1 Å². The van der Waals surface area contributed by atoms with Gasteiger partial charge in [0.05, 0.1) is 12.5 Å². The van der Waals surface area contributed by atoms with E-state index in [4.69, 9.17) is 26.1 Å². The average Bonchev–Trinajstić information content (AvgIpc) is 3.16. The molecule has 0 N–H and O–H groups in total. The molecular weight excluding hydrogens is 408 g/mol. The van der Waals surface area contributed by atoms with Crippen LogP contribution in [0.3, 0.4) is 0 Å². The van der Waals surface area contributed by atoms with E-state index in [9.17, 15) is 9.59 Å². The summed E-state index contributed by atoms with van der Waals surface area (Å²) in [5.41, 5.74) is 0.339. The van der Waals surface area contributed by atoms with Crippen LogP contribution in [0.2, 0.25) is 5.02 Å². The van der Waals surface area contributed by atoms with Crippen LogP contribution in [0.4, 0.5) is 5.69 Å². The van der Waals surface area contributed by atoms with Crippen LogP contribution in [0, 0.1) is 11.3 Å². The van der Waals surface area contributed by atoms with E-state index >= 15 is 0 Å². The number of anilines is 1. The molecule has 0 saturated heterocycles. The summed E-state index contributed by atoms with van der Waals surface area (Å²) in [6.45, 7) is 5.73. The van der Waals surface area contributed by atoms with Gasteiger partial charge in [-0.25, -0.2) is 0 Å². The molecule has 30 heavy (non-hydrogen) atoms. The maximum Gasteiger partial charge on any atom is 0.306 e. The molecule has 0 aliphatic rings. The van der Waals surface area contributed by atoms with E-state index in [-0.39, 0.29) is 24.8 Å². The Balaban J connectivity index is 1.82. The lowest BCUT2D eigenvalue weighted by Gasteiger charge is -2.21. The quantitative estimate of drug-likeness (QED) is 0.553. The smallest absolute Gasteiger partial charge is 0.306 e. The fourth-order valence-electron chi connectivity index (χ4n) is 2.54. The van der Waals surface area contributed by atoms with Crippen LogP contribution in [0.25, 0.3) is 0 Å². The fraction of sp³-hybridized carbons (Fsp3) is 0.476. The van der Waals surface area contributed by atoms with Crippen molar-refractivity contribution in [2.75, 3.05) is 18.1 Å². The van der Waals surface area contributed by atoms with Gasteiger partial charge >= 0.3 is 5.97 Å². The van der Waals surface area contributed by atoms with Gasteiger partial charge in [0.1, 0.15) is 0 Å². The van der Waals surface area contributed by atoms with Gasteiger partial charge in [0.2, 0.25) is 5.89 Å². The topological polar surface area (TPSA) is 109 Å². The number of hydrogen-bond acceptors (Lipinski definition) is 7. The van der Waals surface area contributed by atoms with Crippen LogP contribution in [0.1, 0.15) is 51.7 Å². The highest BCUT2D eigenvalue weighted by Gasteiger charge is 2.21. The van der Waals surface area contributed by atoms with E-state index < -0.39 is 18.5 Å². The number of rotatable bonds is 9. The van der Waals surface area contributed by atoms with E-state index in [0.717, 1.165) is 0 Å². The van der Waals surface area contributed by atoms with Crippen molar-refractivity contribution in [2.24, 2.45) is 0 Å². The lowest BCUT2D eigenvalue weighted by molar-refractivity contribution is -0.147. The minimum atomic E-state index is -0.495. The molecule has 1 amide bonds. The summed E-state index contributed by atoms with van der Waals surface area (Å²) >= 11 is 5.98. The van der Waals surface area contributed by atoms with Crippen molar-refractivity contribution in [3.05, 3.63) is 41.0 Å². The molecule has 0 bridgehead atoms. The average molecular weight is 433 g/mol. The van der Waals surface area contributed by atoms with Gasteiger partial charge in [0.15, 0.2) is 12.4 Å². The highest BCUT2D eigenvalue weighted by molar-refractivity contribution is 6.30. The normalized spacial score (nSPS) is 11.0. The van der Waals surface area contributed by atoms with Crippen molar-refractivity contribution in [2.45, 2.75) is 51.9 Å². The molecule has 0 radical (unpaired) electrons. The number of aromatic nitrogens is 2. The molecule has 9 heteroatoms. The Morgan fingerprint density at radius 1 is 1.33 bits per heavy atom. The van der Waals surface area contributed by atoms with Crippen LogP contribution < -0.4 is 4.90 Å². The summed E-state index contributed by atoms with van der Waals surface area (Å²) in [5, 5.41) is 13.2. The van der Waals surface area contributed by atoms with Crippen molar-refractivity contribution in [3.63, 3.8) is 0 Å². The van der Waals surface area contributed by atoms with E-state index in [0.29, 0.717) is 35.3 Å². The zero-order chi connectivity index (χ0) is 22.1. The minimum absolute atomic E-state index is 0.121. The van der Waals surface area contributed by atoms with Crippen molar-refractivity contribution >= 4 is 29.2 Å². The van der Waals surface area contributed by atoms with Gasteiger partial charge < -0.3 is 14.2 Å². The molecule has 0 fully saturated rings. The van der Waals surface area contributed by atoms with Gasteiger partial charge in [-0.3, -0.25) is 9.59 Å². The van der Waals surface area contributed by atoms with Gasteiger partial charge in [-0.2, -0.15) is 10.2 Å². The molecule has 0 spiro atoms. The predicted molar refractivity (Wildman–Crippen MR) is 111 cm³/mol. The molecule has 0 saturated carbocycles. The summed E-state index contributed by atoms with van der Waals surface area (Å²) < 4.78 is 10.3. The van der Waals surface area contributed by atoms with E-state index in [1.54, 1.807) is 24.3 Å². The van der Waals surface area contributed by atoms with Gasteiger partial charge in [-0.1, -0.05) is 43.6 Å². The Labute approximate surface area is 180 Å². The van der Waals surface area contributed by atoms with Gasteiger partial charge in [0, 0.05) is 35.5 Å². The summed E-state index contributed by atoms with van der Waals surface area (Å²) in [6, 6.07) is 8.72. The molecule has 0 aliphatic carbocycles. The highest BCUT2D eigenvalue weighted by atomic mass is 35.5. The molecule has 0 atom stereocenters. The first kappa shape index (κ1) is 23.4. The second kappa shape index (κ2) is 10.7. The van der Waals surface area contributed by atoms with Crippen LogP contribution in [0.15, 0.2) is 28.8 Å². The number of aryl methyl sites for hydroxylation is 1. The van der Waals surface area contributed by atoms with Crippen molar-refractivity contribution in [1.29, 1.82) is 5.26 Å². The Kier molecular flexibility index (Phi) is 8.36. The zero-order valence-electron chi connectivity index (χ0n) is 17.4. The Bertz CT molecular complexity index is 914. The number of hydrogen-bond donors (Lipinski definition) is 0. The minimum Gasteiger partial charge on any atom is -0.456 e. The molecule has 1 aromatic heterocycles. The van der Waals surface area contributed by atoms with Crippen LogP contribution in [-0.2, 0) is 26.2 Å². The second-order valence-electron chi connectivity index (χ2n) is 7.71. The Morgan fingerprint density at radius 3 is 2.73 bits per heavy atom. The Hall–Kier alpha value is -2.92. The number of halogens is 1. The summed E-state index contributed by atoms with van der Waals surface area (Å²) in [6.07, 6.45) is 1.18. The summed E-state index contributed by atoms with van der Waals surface area (Å²) in [4.78, 5) is 30.2. The van der Waals surface area contributed by atoms with Crippen LogP contribution >= 0.6 is 11.6 Å². The predicted octanol–water partition coefficient (Wildman–Crippen LogP) is 3.83. The summed E-state index contributed by atoms with van der Waals surface area (Å²) in [7, 11) is 0. The molecule has 0 aliphatic heterocycles. The lowest BCUT2D eigenvalue weighted by Crippen LogP contribution is -2.35. The zero-order valence-corrected chi connectivity index (χ0v) is 18.1. The standard InChI is InChI=1S/C21H25ClN4O4/c1-21(2,3)20-24-17(30-25-20)9-5-10-19(28)29-14-18(27)26(12-6-11-23)16-8-4-7-15(22)13-16/h4,7-8,13H,5-6,9-10,12,14H2,1-3H3. The third-order valence-electron chi connectivity index (χ3n) is 4.14. The van der Waals surface area contributed by atoms with Gasteiger partial charge in [0.25, 0.3) is 5.91 Å². The number of esters is 1. The first-order valence-electron chi connectivity index (χ1n) is 9.62.